The van der Waals surface area contributed by atoms with Gasteiger partial charge in [-0.1, -0.05) is 6.08 Å². The standard InChI is InChI=1S/C13H15N3O3S2/c17-12(7-10-2-6-21(18,19)9-10)14-3-1-11-8-16-4-5-20-13(16)15-11/h2,4-6,8,10H,1,3,7,9H2,(H,14,17)/t10-/m1/s1. The Kier molecular flexibility index (Phi) is 3.81. The van der Waals surface area contributed by atoms with Crippen LogP contribution in [-0.2, 0) is 21.1 Å². The summed E-state index contributed by atoms with van der Waals surface area (Å²) in [5.74, 6) is -0.284. The molecule has 0 aliphatic carbocycles. The Morgan fingerprint density at radius 2 is 2.38 bits per heavy atom. The number of amides is 1. The van der Waals surface area contributed by atoms with Gasteiger partial charge in [-0.25, -0.2) is 13.4 Å². The lowest BCUT2D eigenvalue weighted by molar-refractivity contribution is -0.121. The first-order valence-corrected chi connectivity index (χ1v) is 9.20. The molecule has 3 rings (SSSR count). The van der Waals surface area contributed by atoms with Gasteiger partial charge >= 0.3 is 0 Å². The van der Waals surface area contributed by atoms with Crippen molar-refractivity contribution < 1.29 is 13.2 Å². The predicted octanol–water partition coefficient (Wildman–Crippen LogP) is 1.00. The number of hydrogen-bond acceptors (Lipinski definition) is 5. The van der Waals surface area contributed by atoms with Crippen molar-refractivity contribution in [3.05, 3.63) is 35.0 Å². The molecule has 1 N–H and O–H groups in total. The topological polar surface area (TPSA) is 80.5 Å². The number of nitrogens with one attached hydrogen (secondary N) is 1. The minimum absolute atomic E-state index is 0.0394. The van der Waals surface area contributed by atoms with E-state index in [2.05, 4.69) is 10.3 Å². The summed E-state index contributed by atoms with van der Waals surface area (Å²) >= 11 is 1.57. The second-order valence-corrected chi connectivity index (χ2v) is 7.85. The summed E-state index contributed by atoms with van der Waals surface area (Å²) in [7, 11) is -3.09. The predicted molar refractivity (Wildman–Crippen MR) is 80.8 cm³/mol. The smallest absolute Gasteiger partial charge is 0.220 e. The summed E-state index contributed by atoms with van der Waals surface area (Å²) in [6.07, 6.45) is 6.37. The van der Waals surface area contributed by atoms with Crippen molar-refractivity contribution in [2.75, 3.05) is 12.3 Å². The van der Waals surface area contributed by atoms with Crippen molar-refractivity contribution in [1.29, 1.82) is 0 Å². The van der Waals surface area contributed by atoms with Crippen molar-refractivity contribution >= 4 is 32.0 Å². The second kappa shape index (κ2) is 5.61. The molecule has 1 amide bonds. The summed E-state index contributed by atoms with van der Waals surface area (Å²) in [4.78, 5) is 17.1. The highest BCUT2D eigenvalue weighted by atomic mass is 32.2. The van der Waals surface area contributed by atoms with Gasteiger partial charge in [0, 0.05) is 48.5 Å². The fourth-order valence-corrected chi connectivity index (χ4v) is 4.42. The Balaban J connectivity index is 1.44. The van der Waals surface area contributed by atoms with Crippen LogP contribution in [-0.4, -0.2) is 36.0 Å². The Morgan fingerprint density at radius 1 is 1.52 bits per heavy atom. The van der Waals surface area contributed by atoms with Crippen molar-refractivity contribution in [1.82, 2.24) is 14.7 Å². The van der Waals surface area contributed by atoms with Gasteiger partial charge in [-0.05, 0) is 0 Å². The molecule has 3 heterocycles. The van der Waals surface area contributed by atoms with Crippen LogP contribution in [0.2, 0.25) is 0 Å². The SMILES string of the molecule is O=C(C[C@H]1C=CS(=O)(=O)C1)NCCc1cn2ccsc2n1. The Bertz CT molecular complexity index is 760. The first-order valence-electron chi connectivity index (χ1n) is 6.60. The maximum absolute atomic E-state index is 11.8. The van der Waals surface area contributed by atoms with Gasteiger partial charge in [-0.15, -0.1) is 11.3 Å². The Labute approximate surface area is 126 Å². The van der Waals surface area contributed by atoms with Crippen LogP contribution >= 0.6 is 11.3 Å². The number of rotatable bonds is 5. The van der Waals surface area contributed by atoms with Gasteiger partial charge in [0.05, 0.1) is 11.4 Å². The molecule has 2 aromatic rings. The maximum atomic E-state index is 11.8. The van der Waals surface area contributed by atoms with Crippen LogP contribution < -0.4 is 5.32 Å². The molecule has 0 saturated carbocycles. The van der Waals surface area contributed by atoms with Crippen LogP contribution in [0.1, 0.15) is 12.1 Å². The normalized spacial score (nSPS) is 20.1. The maximum Gasteiger partial charge on any atom is 0.220 e. The lowest BCUT2D eigenvalue weighted by atomic mass is 10.1. The molecule has 0 saturated heterocycles. The van der Waals surface area contributed by atoms with Gasteiger partial charge in [0.25, 0.3) is 0 Å². The molecule has 1 aliphatic rings. The fourth-order valence-electron chi connectivity index (χ4n) is 2.30. The third-order valence-electron chi connectivity index (χ3n) is 3.30. The molecule has 0 fully saturated rings. The number of hydrogen-bond donors (Lipinski definition) is 1. The van der Waals surface area contributed by atoms with E-state index in [9.17, 15) is 13.2 Å². The van der Waals surface area contributed by atoms with Crippen molar-refractivity contribution in [2.45, 2.75) is 12.8 Å². The molecule has 21 heavy (non-hydrogen) atoms. The number of allylic oxidation sites excluding steroid dienone is 1. The highest BCUT2D eigenvalue weighted by Gasteiger charge is 2.23. The summed E-state index contributed by atoms with van der Waals surface area (Å²) < 4.78 is 24.5. The molecule has 1 aliphatic heterocycles. The van der Waals surface area contributed by atoms with E-state index < -0.39 is 9.84 Å². The average Bonchev–Trinajstić information content (AvgIpc) is 3.04. The third-order valence-corrected chi connectivity index (χ3v) is 5.53. The van der Waals surface area contributed by atoms with Gasteiger partial charge in [0.2, 0.25) is 5.91 Å². The molecule has 112 valence electrons. The van der Waals surface area contributed by atoms with Crippen LogP contribution in [0, 0.1) is 5.92 Å². The number of sulfone groups is 1. The fraction of sp³-hybridized carbons (Fsp3) is 0.385. The minimum Gasteiger partial charge on any atom is -0.356 e. The largest absolute Gasteiger partial charge is 0.356 e. The van der Waals surface area contributed by atoms with Crippen molar-refractivity contribution in [3.63, 3.8) is 0 Å². The van der Waals surface area contributed by atoms with E-state index in [1.165, 1.54) is 5.41 Å². The molecular weight excluding hydrogens is 310 g/mol. The van der Waals surface area contributed by atoms with E-state index in [1.807, 2.05) is 22.2 Å². The van der Waals surface area contributed by atoms with Gasteiger partial charge in [-0.3, -0.25) is 9.20 Å². The molecule has 0 spiro atoms. The number of carbonyl (C=O) groups excluding carboxylic acids is 1. The highest BCUT2D eigenvalue weighted by Crippen LogP contribution is 2.18. The summed E-state index contributed by atoms with van der Waals surface area (Å²) in [6, 6.07) is 0. The number of fused-ring (bicyclic) bond motifs is 1. The van der Waals surface area contributed by atoms with Crippen molar-refractivity contribution in [2.24, 2.45) is 5.92 Å². The Hall–Kier alpha value is -1.67. The van der Waals surface area contributed by atoms with Crippen LogP contribution in [0.5, 0.6) is 0 Å². The van der Waals surface area contributed by atoms with Crippen molar-refractivity contribution in [3.8, 4) is 0 Å². The monoisotopic (exact) mass is 325 g/mol. The van der Waals surface area contributed by atoms with Gasteiger partial charge in [0.15, 0.2) is 14.8 Å². The average molecular weight is 325 g/mol. The summed E-state index contributed by atoms with van der Waals surface area (Å²) in [6.45, 7) is 0.507. The van der Waals surface area contributed by atoms with Gasteiger partial charge < -0.3 is 5.32 Å². The minimum atomic E-state index is -3.09. The lowest BCUT2D eigenvalue weighted by Gasteiger charge is -2.07. The zero-order chi connectivity index (χ0) is 14.9. The van der Waals surface area contributed by atoms with E-state index in [0.717, 1.165) is 10.7 Å². The molecule has 2 aromatic heterocycles. The van der Waals surface area contributed by atoms with E-state index in [-0.39, 0.29) is 24.0 Å². The number of thiazole rings is 1. The third kappa shape index (κ3) is 3.51. The number of aromatic nitrogens is 2. The lowest BCUT2D eigenvalue weighted by Crippen LogP contribution is -2.28. The van der Waals surface area contributed by atoms with Crippen LogP contribution in [0.25, 0.3) is 4.96 Å². The summed E-state index contributed by atoms with van der Waals surface area (Å²) in [5, 5.41) is 5.97. The Morgan fingerprint density at radius 3 is 3.10 bits per heavy atom. The van der Waals surface area contributed by atoms with E-state index in [4.69, 9.17) is 0 Å². The van der Waals surface area contributed by atoms with E-state index in [1.54, 1.807) is 17.4 Å². The number of nitrogens with zero attached hydrogens (tertiary/aromatic N) is 2. The van der Waals surface area contributed by atoms with Crippen LogP contribution in [0.4, 0.5) is 0 Å². The second-order valence-electron chi connectivity index (χ2n) is 5.05. The summed E-state index contributed by atoms with van der Waals surface area (Å²) in [5.41, 5.74) is 0.936. The number of carbonyl (C=O) groups is 1. The van der Waals surface area contributed by atoms with Crippen LogP contribution in [0.15, 0.2) is 29.3 Å². The molecule has 1 atom stereocenters. The molecule has 0 bridgehead atoms. The van der Waals surface area contributed by atoms with Gasteiger partial charge in [-0.2, -0.15) is 0 Å². The molecule has 0 aromatic carbocycles. The van der Waals surface area contributed by atoms with Gasteiger partial charge in [0.1, 0.15) is 0 Å². The molecular formula is C13H15N3O3S2. The molecule has 0 radical (unpaired) electrons. The quantitative estimate of drug-likeness (QED) is 0.889. The first kappa shape index (κ1) is 14.3. The van der Waals surface area contributed by atoms with Crippen LogP contribution in [0.3, 0.4) is 0 Å². The zero-order valence-corrected chi connectivity index (χ0v) is 12.9. The van der Waals surface area contributed by atoms with E-state index >= 15 is 0 Å². The molecule has 6 nitrogen and oxygen atoms in total. The molecule has 8 heteroatoms. The highest BCUT2D eigenvalue weighted by molar-refractivity contribution is 7.94. The number of imidazole rings is 1. The zero-order valence-electron chi connectivity index (χ0n) is 11.2. The molecule has 0 unspecified atom stereocenters. The first-order chi connectivity index (χ1) is 10.0. The van der Waals surface area contributed by atoms with E-state index in [0.29, 0.717) is 13.0 Å².